The van der Waals surface area contributed by atoms with Crippen molar-refractivity contribution in [1.29, 1.82) is 0 Å². The molecule has 0 aliphatic rings. The lowest BCUT2D eigenvalue weighted by Gasteiger charge is -2.03. The molecule has 5 nitrogen and oxygen atoms in total. The normalized spacial score (nSPS) is 10.3. The topological polar surface area (TPSA) is 79.3 Å². The number of nitrogens with zero attached hydrogens (tertiary/aromatic N) is 1. The van der Waals surface area contributed by atoms with Gasteiger partial charge in [0.15, 0.2) is 5.69 Å². The average Bonchev–Trinajstić information content (AvgIpc) is 2.78. The number of nitrogens with one attached hydrogen (secondary N) is 1. The van der Waals surface area contributed by atoms with Gasteiger partial charge in [0.2, 0.25) is 5.91 Å². The molecule has 0 unspecified atom stereocenters. The van der Waals surface area contributed by atoms with Crippen LogP contribution in [-0.2, 0) is 11.2 Å². The van der Waals surface area contributed by atoms with E-state index in [1.54, 1.807) is 11.8 Å². The number of carbonyl (C=O) groups is 2. The van der Waals surface area contributed by atoms with Crippen molar-refractivity contribution in [1.82, 2.24) is 10.3 Å². The van der Waals surface area contributed by atoms with Crippen LogP contribution in [0.2, 0.25) is 0 Å². The van der Waals surface area contributed by atoms with Crippen molar-refractivity contribution in [2.75, 3.05) is 18.1 Å². The fourth-order valence-electron chi connectivity index (χ4n) is 1.23. The maximum absolute atomic E-state index is 11.4. The molecule has 1 rings (SSSR count). The Kier molecular flexibility index (Phi) is 6.74. The minimum absolute atomic E-state index is 0.0333. The molecule has 1 aromatic heterocycles. The molecule has 0 aromatic carbocycles. The second kappa shape index (κ2) is 8.10. The second-order valence-corrected chi connectivity index (χ2v) is 5.82. The molecule has 1 aromatic rings. The predicted molar refractivity (Wildman–Crippen MR) is 73.4 cm³/mol. The van der Waals surface area contributed by atoms with Crippen LogP contribution in [0.15, 0.2) is 5.38 Å². The molecule has 0 radical (unpaired) electrons. The number of carbonyl (C=O) groups excluding carboxylic acids is 1. The Morgan fingerprint density at radius 2 is 2.33 bits per heavy atom. The van der Waals surface area contributed by atoms with Crippen LogP contribution in [0.3, 0.4) is 0 Å². The third-order valence-electron chi connectivity index (χ3n) is 2.11. The maximum Gasteiger partial charge on any atom is 0.355 e. The highest BCUT2D eigenvalue weighted by Gasteiger charge is 2.08. The zero-order valence-electron chi connectivity index (χ0n) is 10.1. The summed E-state index contributed by atoms with van der Waals surface area (Å²) in [6.45, 7) is 2.56. The Hall–Kier alpha value is -1.08. The van der Waals surface area contributed by atoms with E-state index in [-0.39, 0.29) is 11.6 Å². The first-order valence-electron chi connectivity index (χ1n) is 5.65. The number of hydrogen-bond donors (Lipinski definition) is 2. The highest BCUT2D eigenvalue weighted by atomic mass is 32.2. The van der Waals surface area contributed by atoms with E-state index >= 15 is 0 Å². The highest BCUT2D eigenvalue weighted by molar-refractivity contribution is 7.99. The van der Waals surface area contributed by atoms with Gasteiger partial charge in [-0.2, -0.15) is 11.8 Å². The molecule has 18 heavy (non-hydrogen) atoms. The first-order valence-corrected chi connectivity index (χ1v) is 7.69. The van der Waals surface area contributed by atoms with Gasteiger partial charge in [-0.3, -0.25) is 4.79 Å². The summed E-state index contributed by atoms with van der Waals surface area (Å²) in [5.41, 5.74) is 0.0701. The van der Waals surface area contributed by atoms with Gasteiger partial charge >= 0.3 is 5.97 Å². The van der Waals surface area contributed by atoms with Crippen LogP contribution in [0, 0.1) is 0 Å². The van der Waals surface area contributed by atoms with Gasteiger partial charge in [-0.1, -0.05) is 6.92 Å². The molecule has 1 heterocycles. The lowest BCUT2D eigenvalue weighted by atomic mass is 10.4. The summed E-state index contributed by atoms with van der Waals surface area (Å²) < 4.78 is 0. The first-order chi connectivity index (χ1) is 8.63. The van der Waals surface area contributed by atoms with Crippen molar-refractivity contribution in [3.63, 3.8) is 0 Å². The zero-order valence-corrected chi connectivity index (χ0v) is 11.8. The van der Waals surface area contributed by atoms with E-state index in [1.807, 2.05) is 0 Å². The standard InChI is InChI=1S/C11H16N2O3S2/c1-2-17-6-4-9(14)12-5-3-10-13-8(7-18-10)11(15)16/h7H,2-6H2,1H3,(H,12,14)(H,15,16). The molecule has 7 heteroatoms. The van der Waals surface area contributed by atoms with Gasteiger partial charge in [0, 0.05) is 30.5 Å². The van der Waals surface area contributed by atoms with Gasteiger partial charge in [0.25, 0.3) is 0 Å². The van der Waals surface area contributed by atoms with Crippen molar-refractivity contribution in [3.8, 4) is 0 Å². The molecular weight excluding hydrogens is 272 g/mol. The molecule has 2 N–H and O–H groups in total. The van der Waals surface area contributed by atoms with Crippen molar-refractivity contribution in [2.45, 2.75) is 19.8 Å². The summed E-state index contributed by atoms with van der Waals surface area (Å²) in [6.07, 6.45) is 1.10. The van der Waals surface area contributed by atoms with Gasteiger partial charge in [0.05, 0.1) is 5.01 Å². The summed E-state index contributed by atoms with van der Waals surface area (Å²) >= 11 is 3.04. The maximum atomic E-state index is 11.4. The van der Waals surface area contributed by atoms with Gasteiger partial charge in [-0.05, 0) is 5.75 Å². The van der Waals surface area contributed by atoms with Crippen LogP contribution in [-0.4, -0.2) is 40.0 Å². The van der Waals surface area contributed by atoms with Gasteiger partial charge in [0.1, 0.15) is 0 Å². The van der Waals surface area contributed by atoms with Gasteiger partial charge in [-0.25, -0.2) is 9.78 Å². The van der Waals surface area contributed by atoms with E-state index in [1.165, 1.54) is 16.7 Å². The third kappa shape index (κ3) is 5.50. The van der Waals surface area contributed by atoms with Gasteiger partial charge < -0.3 is 10.4 Å². The quantitative estimate of drug-likeness (QED) is 0.711. The summed E-state index contributed by atoms with van der Waals surface area (Å²) in [6, 6.07) is 0. The molecular formula is C11H16N2O3S2. The molecule has 100 valence electrons. The molecule has 0 saturated carbocycles. The number of thioether (sulfide) groups is 1. The van der Waals surface area contributed by atoms with Crippen LogP contribution >= 0.6 is 23.1 Å². The van der Waals surface area contributed by atoms with Crippen LogP contribution in [0.5, 0.6) is 0 Å². The average molecular weight is 288 g/mol. The molecule has 0 spiro atoms. The lowest BCUT2D eigenvalue weighted by molar-refractivity contribution is -0.120. The monoisotopic (exact) mass is 288 g/mol. The van der Waals surface area contributed by atoms with Gasteiger partial charge in [-0.15, -0.1) is 11.3 Å². The Balaban J connectivity index is 2.20. The summed E-state index contributed by atoms with van der Waals surface area (Å²) in [7, 11) is 0. The molecule has 0 saturated heterocycles. The van der Waals surface area contributed by atoms with E-state index in [2.05, 4.69) is 17.2 Å². The third-order valence-corrected chi connectivity index (χ3v) is 3.92. The number of rotatable bonds is 8. The minimum atomic E-state index is -1.02. The van der Waals surface area contributed by atoms with E-state index in [9.17, 15) is 9.59 Å². The Labute approximate surface area is 114 Å². The minimum Gasteiger partial charge on any atom is -0.476 e. The molecule has 0 atom stereocenters. The molecule has 1 amide bonds. The number of thiazole rings is 1. The first kappa shape index (κ1) is 15.0. The predicted octanol–water partition coefficient (Wildman–Crippen LogP) is 1.64. The molecule has 0 fully saturated rings. The summed E-state index contributed by atoms with van der Waals surface area (Å²) in [5.74, 6) is 0.872. The van der Waals surface area contributed by atoms with Crippen LogP contribution in [0.1, 0.15) is 28.8 Å². The number of amides is 1. The fraction of sp³-hybridized carbons (Fsp3) is 0.545. The highest BCUT2D eigenvalue weighted by Crippen LogP contribution is 2.09. The SMILES string of the molecule is CCSCCC(=O)NCCc1nc(C(=O)O)cs1. The smallest absolute Gasteiger partial charge is 0.355 e. The van der Waals surface area contributed by atoms with E-state index in [0.717, 1.165) is 16.5 Å². The fourth-order valence-corrected chi connectivity index (χ4v) is 2.62. The number of aromatic carboxylic acids is 1. The van der Waals surface area contributed by atoms with Crippen molar-refractivity contribution >= 4 is 35.0 Å². The van der Waals surface area contributed by atoms with E-state index in [0.29, 0.717) is 19.4 Å². The van der Waals surface area contributed by atoms with E-state index < -0.39 is 5.97 Å². The number of hydrogen-bond acceptors (Lipinski definition) is 5. The summed E-state index contributed by atoms with van der Waals surface area (Å²) in [5, 5.41) is 13.7. The van der Waals surface area contributed by atoms with E-state index in [4.69, 9.17) is 5.11 Å². The Morgan fingerprint density at radius 3 is 2.94 bits per heavy atom. The molecule has 0 bridgehead atoms. The zero-order chi connectivity index (χ0) is 13.4. The van der Waals surface area contributed by atoms with Crippen molar-refractivity contribution < 1.29 is 14.7 Å². The molecule has 0 aliphatic heterocycles. The second-order valence-electron chi connectivity index (χ2n) is 3.48. The van der Waals surface area contributed by atoms with Crippen LogP contribution < -0.4 is 5.32 Å². The summed E-state index contributed by atoms with van der Waals surface area (Å²) in [4.78, 5) is 25.9. The Morgan fingerprint density at radius 1 is 1.56 bits per heavy atom. The number of aromatic nitrogens is 1. The number of carboxylic acid groups (broad SMARTS) is 1. The Bertz CT molecular complexity index is 407. The number of carboxylic acids is 1. The van der Waals surface area contributed by atoms with Crippen molar-refractivity contribution in [2.24, 2.45) is 0 Å². The van der Waals surface area contributed by atoms with Crippen molar-refractivity contribution in [3.05, 3.63) is 16.1 Å². The largest absolute Gasteiger partial charge is 0.476 e. The van der Waals surface area contributed by atoms with Crippen LogP contribution in [0.25, 0.3) is 0 Å². The van der Waals surface area contributed by atoms with Crippen LogP contribution in [0.4, 0.5) is 0 Å². The molecule has 0 aliphatic carbocycles. The lowest BCUT2D eigenvalue weighted by Crippen LogP contribution is -2.25.